The van der Waals surface area contributed by atoms with Gasteiger partial charge in [0.15, 0.2) is 11.5 Å². The molecule has 1 aliphatic rings. The Morgan fingerprint density at radius 3 is 2.52 bits per heavy atom. The van der Waals surface area contributed by atoms with Crippen molar-refractivity contribution in [1.29, 1.82) is 0 Å². The van der Waals surface area contributed by atoms with E-state index >= 15 is 0 Å². The van der Waals surface area contributed by atoms with Gasteiger partial charge in [-0.25, -0.2) is 10.8 Å². The number of nitrogens with one attached hydrogen (secondary N) is 1. The summed E-state index contributed by atoms with van der Waals surface area (Å²) in [5.41, 5.74) is 5.48. The van der Waals surface area contributed by atoms with Gasteiger partial charge in [0.2, 0.25) is 6.79 Å². The summed E-state index contributed by atoms with van der Waals surface area (Å²) in [7, 11) is 0. The highest BCUT2D eigenvalue weighted by molar-refractivity contribution is 5.91. The molecule has 5 nitrogen and oxygen atoms in total. The van der Waals surface area contributed by atoms with Crippen molar-refractivity contribution >= 4 is 16.7 Å². The van der Waals surface area contributed by atoms with E-state index in [4.69, 9.17) is 15.3 Å². The van der Waals surface area contributed by atoms with Crippen molar-refractivity contribution in [1.82, 2.24) is 4.98 Å². The van der Waals surface area contributed by atoms with E-state index in [0.717, 1.165) is 27.8 Å². The molecule has 3 N–H and O–H groups in total. The first-order valence-corrected chi connectivity index (χ1v) is 6.61. The molecule has 2 aromatic carbocycles. The summed E-state index contributed by atoms with van der Waals surface area (Å²) in [5.74, 6) is 7.72. The van der Waals surface area contributed by atoms with Gasteiger partial charge < -0.3 is 14.9 Å². The van der Waals surface area contributed by atoms with Crippen LogP contribution in [0, 0.1) is 0 Å². The van der Waals surface area contributed by atoms with Gasteiger partial charge in [-0.15, -0.1) is 0 Å². The van der Waals surface area contributed by atoms with Crippen LogP contribution in [0.25, 0.3) is 22.0 Å². The van der Waals surface area contributed by atoms with Gasteiger partial charge in [0.25, 0.3) is 0 Å². The molecular formula is C16H13N3O2. The predicted octanol–water partition coefficient (Wildman–Crippen LogP) is 2.92. The lowest BCUT2D eigenvalue weighted by atomic mass is 10.0. The van der Waals surface area contributed by atoms with Gasteiger partial charge in [-0.2, -0.15) is 0 Å². The monoisotopic (exact) mass is 279 g/mol. The van der Waals surface area contributed by atoms with E-state index in [1.807, 2.05) is 42.5 Å². The van der Waals surface area contributed by atoms with Crippen molar-refractivity contribution in [3.63, 3.8) is 0 Å². The molecule has 0 fully saturated rings. The number of pyridine rings is 1. The molecule has 0 bridgehead atoms. The molecular weight excluding hydrogens is 266 g/mol. The summed E-state index contributed by atoms with van der Waals surface area (Å²) in [6.45, 7) is 0.249. The van der Waals surface area contributed by atoms with Crippen LogP contribution < -0.4 is 20.7 Å². The smallest absolute Gasteiger partial charge is 0.231 e. The zero-order chi connectivity index (χ0) is 14.2. The molecule has 2 heterocycles. The molecule has 104 valence electrons. The number of hydrogen-bond donors (Lipinski definition) is 2. The third-order valence-electron chi connectivity index (χ3n) is 3.53. The zero-order valence-corrected chi connectivity index (χ0v) is 11.2. The first-order valence-electron chi connectivity index (χ1n) is 6.61. The number of nitrogen functional groups attached to an aromatic ring is 1. The van der Waals surface area contributed by atoms with Gasteiger partial charge in [-0.3, -0.25) is 0 Å². The van der Waals surface area contributed by atoms with Gasteiger partial charge in [0.05, 0.1) is 5.52 Å². The second-order valence-electron chi connectivity index (χ2n) is 4.79. The summed E-state index contributed by atoms with van der Waals surface area (Å²) in [6, 6.07) is 15.9. The largest absolute Gasteiger partial charge is 0.454 e. The summed E-state index contributed by atoms with van der Waals surface area (Å²) in [6.07, 6.45) is 0. The molecule has 0 saturated carbocycles. The van der Waals surface area contributed by atoms with E-state index in [0.29, 0.717) is 11.6 Å². The molecule has 0 unspecified atom stereocenters. The normalized spacial score (nSPS) is 12.6. The molecule has 3 aromatic rings. The highest BCUT2D eigenvalue weighted by Gasteiger charge is 2.16. The minimum Gasteiger partial charge on any atom is -0.454 e. The topological polar surface area (TPSA) is 69.4 Å². The number of anilines is 1. The average molecular weight is 279 g/mol. The second-order valence-corrected chi connectivity index (χ2v) is 4.79. The van der Waals surface area contributed by atoms with Crippen LogP contribution in [0.4, 0.5) is 5.82 Å². The summed E-state index contributed by atoms with van der Waals surface area (Å²) < 4.78 is 10.8. The van der Waals surface area contributed by atoms with Crippen LogP contribution in [0.3, 0.4) is 0 Å². The fraction of sp³-hybridized carbons (Fsp3) is 0.0625. The Morgan fingerprint density at radius 1 is 1.00 bits per heavy atom. The summed E-state index contributed by atoms with van der Waals surface area (Å²) in [5, 5.41) is 0.983. The number of benzene rings is 2. The van der Waals surface area contributed by atoms with E-state index in [9.17, 15) is 0 Å². The van der Waals surface area contributed by atoms with Crippen molar-refractivity contribution in [2.75, 3.05) is 12.2 Å². The Bertz CT molecular complexity index is 819. The average Bonchev–Trinajstić information content (AvgIpc) is 2.99. The van der Waals surface area contributed by atoms with Gasteiger partial charge in [0.1, 0.15) is 5.82 Å². The van der Waals surface area contributed by atoms with Crippen LogP contribution in [0.2, 0.25) is 0 Å². The van der Waals surface area contributed by atoms with Crippen LogP contribution in [-0.4, -0.2) is 11.8 Å². The number of hydrogen-bond acceptors (Lipinski definition) is 5. The third-order valence-corrected chi connectivity index (χ3v) is 3.53. The standard InChI is InChI=1S/C16H13N3O2/c17-19-16-12(10-4-2-1-3-5-10)6-11-7-14-15(21-9-20-14)8-13(11)18-16/h1-8H,9,17H2,(H,18,19). The quantitative estimate of drug-likeness (QED) is 0.557. The Balaban J connectivity index is 1.96. The predicted molar refractivity (Wildman–Crippen MR) is 81.1 cm³/mol. The highest BCUT2D eigenvalue weighted by atomic mass is 16.7. The van der Waals surface area contributed by atoms with E-state index < -0.39 is 0 Å². The fourth-order valence-electron chi connectivity index (χ4n) is 2.51. The molecule has 4 rings (SSSR count). The Kier molecular flexibility index (Phi) is 2.65. The third kappa shape index (κ3) is 1.95. The lowest BCUT2D eigenvalue weighted by Crippen LogP contribution is -2.10. The first kappa shape index (κ1) is 12.0. The van der Waals surface area contributed by atoms with Crippen LogP contribution >= 0.6 is 0 Å². The molecule has 0 atom stereocenters. The lowest BCUT2D eigenvalue weighted by molar-refractivity contribution is 0.174. The number of nitrogens with two attached hydrogens (primary N) is 1. The number of nitrogens with zero attached hydrogens (tertiary/aromatic N) is 1. The molecule has 0 saturated heterocycles. The van der Waals surface area contributed by atoms with Crippen LogP contribution in [0.15, 0.2) is 48.5 Å². The van der Waals surface area contributed by atoms with Crippen LogP contribution in [0.5, 0.6) is 11.5 Å². The molecule has 1 aromatic heterocycles. The number of hydrazine groups is 1. The van der Waals surface area contributed by atoms with Crippen LogP contribution in [0.1, 0.15) is 0 Å². The van der Waals surface area contributed by atoms with Gasteiger partial charge in [-0.1, -0.05) is 30.3 Å². The van der Waals surface area contributed by atoms with Crippen molar-refractivity contribution in [3.05, 3.63) is 48.5 Å². The van der Waals surface area contributed by atoms with Crippen molar-refractivity contribution in [2.24, 2.45) is 5.84 Å². The molecule has 0 spiro atoms. The first-order chi connectivity index (χ1) is 10.3. The lowest BCUT2D eigenvalue weighted by Gasteiger charge is -2.10. The molecule has 21 heavy (non-hydrogen) atoms. The fourth-order valence-corrected chi connectivity index (χ4v) is 2.51. The van der Waals surface area contributed by atoms with E-state index in [1.54, 1.807) is 0 Å². The maximum Gasteiger partial charge on any atom is 0.231 e. The number of rotatable bonds is 2. The van der Waals surface area contributed by atoms with Crippen LogP contribution in [-0.2, 0) is 0 Å². The van der Waals surface area contributed by atoms with E-state index in [2.05, 4.69) is 16.5 Å². The maximum atomic E-state index is 5.62. The Hall–Kier alpha value is -2.79. The van der Waals surface area contributed by atoms with Crippen molar-refractivity contribution < 1.29 is 9.47 Å². The molecule has 5 heteroatoms. The Morgan fingerprint density at radius 2 is 1.76 bits per heavy atom. The molecule has 1 aliphatic heterocycles. The molecule has 0 aliphatic carbocycles. The maximum absolute atomic E-state index is 5.62. The number of fused-ring (bicyclic) bond motifs is 2. The zero-order valence-electron chi connectivity index (χ0n) is 11.2. The minimum atomic E-state index is 0.249. The molecule has 0 amide bonds. The Labute approximate surface area is 121 Å². The molecule has 0 radical (unpaired) electrons. The van der Waals surface area contributed by atoms with Crippen molar-refractivity contribution in [3.8, 4) is 22.6 Å². The SMILES string of the molecule is NNc1nc2cc3c(cc2cc1-c1ccccc1)OCO3. The highest BCUT2D eigenvalue weighted by Crippen LogP contribution is 2.38. The van der Waals surface area contributed by atoms with Gasteiger partial charge >= 0.3 is 0 Å². The summed E-state index contributed by atoms with van der Waals surface area (Å²) >= 11 is 0. The van der Waals surface area contributed by atoms with Gasteiger partial charge in [-0.05, 0) is 17.7 Å². The minimum absolute atomic E-state index is 0.249. The van der Waals surface area contributed by atoms with E-state index in [-0.39, 0.29) is 6.79 Å². The summed E-state index contributed by atoms with van der Waals surface area (Å²) in [4.78, 5) is 4.58. The van der Waals surface area contributed by atoms with Crippen molar-refractivity contribution in [2.45, 2.75) is 0 Å². The van der Waals surface area contributed by atoms with E-state index in [1.165, 1.54) is 0 Å². The second kappa shape index (κ2) is 4.64. The number of aromatic nitrogens is 1. The van der Waals surface area contributed by atoms with Gasteiger partial charge in [0, 0.05) is 17.0 Å². The number of ether oxygens (including phenoxy) is 2.